The second kappa shape index (κ2) is 8.42. The molecule has 0 N–H and O–H groups in total. The van der Waals surface area contributed by atoms with Gasteiger partial charge in [-0.15, -0.1) is 0 Å². The summed E-state index contributed by atoms with van der Waals surface area (Å²) in [5.41, 5.74) is 3.56. The number of pyridine rings is 1. The molecule has 0 saturated carbocycles. The van der Waals surface area contributed by atoms with Crippen LogP contribution < -0.4 is 14.5 Å². The monoisotopic (exact) mass is 404 g/mol. The van der Waals surface area contributed by atoms with E-state index in [-0.39, 0.29) is 0 Å². The smallest absolute Gasteiger partial charge is 0.147 e. The highest BCUT2D eigenvalue weighted by molar-refractivity contribution is 6.30. The van der Waals surface area contributed by atoms with Gasteiger partial charge >= 0.3 is 0 Å². The average molecular weight is 405 g/mol. The van der Waals surface area contributed by atoms with E-state index in [0.29, 0.717) is 5.56 Å². The molecular formula is C23H21ClN4O. The Morgan fingerprint density at radius 1 is 0.966 bits per heavy atom. The van der Waals surface area contributed by atoms with Gasteiger partial charge in [-0.2, -0.15) is 5.26 Å². The number of methoxy groups -OCH3 is 1. The maximum atomic E-state index is 9.58. The van der Waals surface area contributed by atoms with Gasteiger partial charge in [0.05, 0.1) is 18.4 Å². The van der Waals surface area contributed by atoms with Gasteiger partial charge in [-0.25, -0.2) is 4.98 Å². The zero-order valence-corrected chi connectivity index (χ0v) is 16.9. The second-order valence-electron chi connectivity index (χ2n) is 6.86. The summed E-state index contributed by atoms with van der Waals surface area (Å²) in [7, 11) is 1.65. The van der Waals surface area contributed by atoms with Crippen LogP contribution >= 0.6 is 11.6 Å². The van der Waals surface area contributed by atoms with Crippen molar-refractivity contribution < 1.29 is 4.74 Å². The number of halogens is 1. The standard InChI is InChI=1S/C23H21ClN4O/c1-29-21-8-5-17(6-9-21)22-10-7-18(16-25)23(26-22)28-13-11-27(12-14-28)20-4-2-3-19(24)15-20/h2-10,15H,11-14H2,1H3. The van der Waals surface area contributed by atoms with Crippen molar-refractivity contribution in [3.8, 4) is 23.1 Å². The van der Waals surface area contributed by atoms with Gasteiger partial charge in [-0.05, 0) is 54.6 Å². The fourth-order valence-electron chi connectivity index (χ4n) is 3.55. The molecule has 0 unspecified atom stereocenters. The molecule has 0 spiro atoms. The molecule has 0 aliphatic carbocycles. The first-order valence-electron chi connectivity index (χ1n) is 9.49. The number of hydrogen-bond acceptors (Lipinski definition) is 5. The SMILES string of the molecule is COc1ccc(-c2ccc(C#N)c(N3CCN(c4cccc(Cl)c4)CC3)n2)cc1. The minimum atomic E-state index is 0.596. The van der Waals surface area contributed by atoms with E-state index in [1.807, 2.05) is 54.6 Å². The fourth-order valence-corrected chi connectivity index (χ4v) is 3.73. The lowest BCUT2D eigenvalue weighted by molar-refractivity contribution is 0.415. The van der Waals surface area contributed by atoms with E-state index in [4.69, 9.17) is 21.3 Å². The molecule has 2 heterocycles. The maximum Gasteiger partial charge on any atom is 0.147 e. The molecule has 4 rings (SSSR count). The first kappa shape index (κ1) is 19.1. The normalized spacial score (nSPS) is 13.8. The lowest BCUT2D eigenvalue weighted by Gasteiger charge is -2.37. The van der Waals surface area contributed by atoms with Gasteiger partial charge in [-0.1, -0.05) is 17.7 Å². The van der Waals surface area contributed by atoms with Crippen LogP contribution in [0.4, 0.5) is 11.5 Å². The van der Waals surface area contributed by atoms with Gasteiger partial charge in [0, 0.05) is 42.5 Å². The highest BCUT2D eigenvalue weighted by Gasteiger charge is 2.21. The van der Waals surface area contributed by atoms with Crippen molar-refractivity contribution in [1.29, 1.82) is 5.26 Å². The van der Waals surface area contributed by atoms with Crippen LogP contribution in [-0.2, 0) is 0 Å². The molecule has 1 aliphatic rings. The predicted molar refractivity (Wildman–Crippen MR) is 117 cm³/mol. The number of benzene rings is 2. The molecule has 3 aromatic rings. The van der Waals surface area contributed by atoms with E-state index in [1.165, 1.54) is 0 Å². The third kappa shape index (κ3) is 4.13. The summed E-state index contributed by atoms with van der Waals surface area (Å²) in [4.78, 5) is 9.32. The molecule has 6 heteroatoms. The number of aromatic nitrogens is 1. The Morgan fingerprint density at radius 3 is 2.34 bits per heavy atom. The van der Waals surface area contributed by atoms with Crippen molar-refractivity contribution in [2.75, 3.05) is 43.1 Å². The first-order chi connectivity index (χ1) is 14.2. The Bertz CT molecular complexity index is 1040. The summed E-state index contributed by atoms with van der Waals surface area (Å²) in [6, 6.07) is 21.7. The Kier molecular flexibility index (Phi) is 5.55. The average Bonchev–Trinajstić information content (AvgIpc) is 2.79. The summed E-state index contributed by atoms with van der Waals surface area (Å²) in [6.45, 7) is 3.28. The molecule has 5 nitrogen and oxygen atoms in total. The van der Waals surface area contributed by atoms with Crippen LogP contribution in [0.1, 0.15) is 5.56 Å². The fraction of sp³-hybridized carbons (Fsp3) is 0.217. The zero-order valence-electron chi connectivity index (χ0n) is 16.2. The summed E-state index contributed by atoms with van der Waals surface area (Å²) < 4.78 is 5.23. The van der Waals surface area contributed by atoms with Crippen LogP contribution in [0.2, 0.25) is 5.02 Å². The number of piperazine rings is 1. The van der Waals surface area contributed by atoms with E-state index in [2.05, 4.69) is 21.9 Å². The molecular weight excluding hydrogens is 384 g/mol. The lowest BCUT2D eigenvalue weighted by atomic mass is 10.1. The van der Waals surface area contributed by atoms with Gasteiger partial charge in [0.15, 0.2) is 0 Å². The van der Waals surface area contributed by atoms with Gasteiger partial charge in [0.25, 0.3) is 0 Å². The molecule has 1 aromatic heterocycles. The van der Waals surface area contributed by atoms with Crippen molar-refractivity contribution in [3.63, 3.8) is 0 Å². The van der Waals surface area contributed by atoms with E-state index in [0.717, 1.165) is 59.7 Å². The quantitative estimate of drug-likeness (QED) is 0.635. The predicted octanol–water partition coefficient (Wildman–Crippen LogP) is 4.61. The van der Waals surface area contributed by atoms with Gasteiger partial charge < -0.3 is 14.5 Å². The van der Waals surface area contributed by atoms with Crippen LogP contribution in [0.25, 0.3) is 11.3 Å². The number of ether oxygens (including phenoxy) is 1. The molecule has 1 saturated heterocycles. The highest BCUT2D eigenvalue weighted by Crippen LogP contribution is 2.27. The van der Waals surface area contributed by atoms with E-state index in [9.17, 15) is 5.26 Å². The summed E-state index contributed by atoms with van der Waals surface area (Å²) in [6.07, 6.45) is 0. The molecule has 0 amide bonds. The number of nitriles is 1. The second-order valence-corrected chi connectivity index (χ2v) is 7.30. The van der Waals surface area contributed by atoms with Crippen LogP contribution in [-0.4, -0.2) is 38.3 Å². The largest absolute Gasteiger partial charge is 0.497 e. The molecule has 1 fully saturated rings. The Morgan fingerprint density at radius 2 is 1.69 bits per heavy atom. The first-order valence-corrected chi connectivity index (χ1v) is 9.87. The van der Waals surface area contributed by atoms with Crippen molar-refractivity contribution in [2.45, 2.75) is 0 Å². The number of rotatable bonds is 4. The molecule has 1 aliphatic heterocycles. The third-order valence-electron chi connectivity index (χ3n) is 5.13. The van der Waals surface area contributed by atoms with Crippen molar-refractivity contribution in [1.82, 2.24) is 4.98 Å². The van der Waals surface area contributed by atoms with Crippen LogP contribution in [0.3, 0.4) is 0 Å². The number of anilines is 2. The van der Waals surface area contributed by atoms with Crippen molar-refractivity contribution in [2.24, 2.45) is 0 Å². The minimum Gasteiger partial charge on any atom is -0.497 e. The topological polar surface area (TPSA) is 52.4 Å². The molecule has 0 radical (unpaired) electrons. The number of nitrogens with zero attached hydrogens (tertiary/aromatic N) is 4. The van der Waals surface area contributed by atoms with Gasteiger partial charge in [-0.3, -0.25) is 0 Å². The van der Waals surface area contributed by atoms with Crippen LogP contribution in [0, 0.1) is 11.3 Å². The van der Waals surface area contributed by atoms with E-state index < -0.39 is 0 Å². The molecule has 146 valence electrons. The molecule has 29 heavy (non-hydrogen) atoms. The minimum absolute atomic E-state index is 0.596. The third-order valence-corrected chi connectivity index (χ3v) is 5.37. The zero-order chi connectivity index (χ0) is 20.2. The van der Waals surface area contributed by atoms with Gasteiger partial charge in [0.2, 0.25) is 0 Å². The van der Waals surface area contributed by atoms with E-state index in [1.54, 1.807) is 7.11 Å². The van der Waals surface area contributed by atoms with E-state index >= 15 is 0 Å². The summed E-state index contributed by atoms with van der Waals surface area (Å²) >= 11 is 6.13. The maximum absolute atomic E-state index is 9.58. The molecule has 0 atom stereocenters. The summed E-state index contributed by atoms with van der Waals surface area (Å²) in [5, 5.41) is 10.3. The molecule has 0 bridgehead atoms. The highest BCUT2D eigenvalue weighted by atomic mass is 35.5. The van der Waals surface area contributed by atoms with Crippen LogP contribution in [0.5, 0.6) is 5.75 Å². The number of hydrogen-bond donors (Lipinski definition) is 0. The molecule has 2 aromatic carbocycles. The Hall–Kier alpha value is -3.23. The summed E-state index contributed by atoms with van der Waals surface area (Å²) in [5.74, 6) is 1.55. The Labute approximate surface area is 175 Å². The van der Waals surface area contributed by atoms with Gasteiger partial charge in [0.1, 0.15) is 17.6 Å². The lowest BCUT2D eigenvalue weighted by Crippen LogP contribution is -2.47. The van der Waals surface area contributed by atoms with Crippen LogP contribution in [0.15, 0.2) is 60.7 Å². The van der Waals surface area contributed by atoms with Crippen molar-refractivity contribution >= 4 is 23.1 Å². The van der Waals surface area contributed by atoms with Crippen molar-refractivity contribution in [3.05, 3.63) is 71.2 Å². The Balaban J connectivity index is 1.55.